The van der Waals surface area contributed by atoms with Crippen molar-refractivity contribution in [3.8, 4) is 5.75 Å². The normalized spacial score (nSPS) is 14.5. The molecule has 1 aliphatic carbocycles. The molecule has 0 radical (unpaired) electrons. The van der Waals surface area contributed by atoms with Crippen molar-refractivity contribution >= 4 is 42.3 Å². The molecule has 5 rings (SSSR count). The summed E-state index contributed by atoms with van der Waals surface area (Å²) in [5.41, 5.74) is 1.13. The summed E-state index contributed by atoms with van der Waals surface area (Å²) in [6.45, 7) is 2.67. The van der Waals surface area contributed by atoms with E-state index in [0.717, 1.165) is 47.4 Å². The molecule has 1 nitrogen and oxygen atoms in total. The molecule has 1 heterocycles. The standard InChI is InChI=1S/C23H20F2OS/c1-2-3-13-6-7-15-11-18-16-8-9-19(26-12-14-4-5-14)21(25)22(16)27-23(18)20(24)17(15)10-13/h6-11,14H,2-5,12H2,1H3. The Bertz CT molecular complexity index is 1170. The van der Waals surface area contributed by atoms with E-state index in [-0.39, 0.29) is 17.4 Å². The van der Waals surface area contributed by atoms with Crippen LogP contribution in [0.5, 0.6) is 5.75 Å². The molecule has 0 unspecified atom stereocenters. The minimum atomic E-state index is -0.371. The Morgan fingerprint density at radius 3 is 2.56 bits per heavy atom. The molecular formula is C23H20F2OS. The Balaban J connectivity index is 1.69. The van der Waals surface area contributed by atoms with Gasteiger partial charge in [-0.2, -0.15) is 0 Å². The second kappa shape index (κ2) is 6.45. The van der Waals surface area contributed by atoms with Crippen LogP contribution in [-0.2, 0) is 6.42 Å². The van der Waals surface area contributed by atoms with Crippen molar-refractivity contribution in [3.63, 3.8) is 0 Å². The summed E-state index contributed by atoms with van der Waals surface area (Å²) in [6.07, 6.45) is 4.26. The Kier molecular flexibility index (Phi) is 4.05. The van der Waals surface area contributed by atoms with Gasteiger partial charge in [-0.15, -0.1) is 11.3 Å². The minimum absolute atomic E-state index is 0.249. The maximum atomic E-state index is 15.3. The lowest BCUT2D eigenvalue weighted by molar-refractivity contribution is 0.286. The van der Waals surface area contributed by atoms with Crippen LogP contribution in [0.2, 0.25) is 0 Å². The molecule has 1 aromatic heterocycles. The number of rotatable bonds is 5. The van der Waals surface area contributed by atoms with Gasteiger partial charge in [-0.1, -0.05) is 25.5 Å². The van der Waals surface area contributed by atoms with Crippen molar-refractivity contribution in [3.05, 3.63) is 53.6 Å². The molecule has 0 aliphatic heterocycles. The van der Waals surface area contributed by atoms with E-state index in [9.17, 15) is 4.39 Å². The number of ether oxygens (including phenoxy) is 1. The number of hydrogen-bond acceptors (Lipinski definition) is 2. The van der Waals surface area contributed by atoms with E-state index < -0.39 is 0 Å². The van der Waals surface area contributed by atoms with Crippen LogP contribution in [0.15, 0.2) is 36.4 Å². The molecule has 4 heteroatoms. The SMILES string of the molecule is CCCc1ccc2cc3c(sc4c(F)c(OCC5CC5)ccc43)c(F)c2c1. The van der Waals surface area contributed by atoms with Crippen molar-refractivity contribution in [2.45, 2.75) is 32.6 Å². The number of benzene rings is 3. The fraction of sp³-hybridized carbons (Fsp3) is 0.304. The molecule has 0 atom stereocenters. The van der Waals surface area contributed by atoms with Crippen LogP contribution >= 0.6 is 11.3 Å². The summed E-state index contributed by atoms with van der Waals surface area (Å²) in [6, 6.07) is 11.5. The van der Waals surface area contributed by atoms with Crippen LogP contribution < -0.4 is 4.74 Å². The second-order valence-corrected chi connectivity index (χ2v) is 8.50. The van der Waals surface area contributed by atoms with Crippen molar-refractivity contribution in [1.82, 2.24) is 0 Å². The summed E-state index contributed by atoms with van der Waals surface area (Å²) in [7, 11) is 0. The molecule has 0 saturated heterocycles. The summed E-state index contributed by atoms with van der Waals surface area (Å²) in [5, 5.41) is 3.00. The minimum Gasteiger partial charge on any atom is -0.490 e. The average Bonchev–Trinajstić information content (AvgIpc) is 3.42. The van der Waals surface area contributed by atoms with Crippen molar-refractivity contribution in [2.75, 3.05) is 6.61 Å². The Labute approximate surface area is 160 Å². The molecule has 0 N–H and O–H groups in total. The van der Waals surface area contributed by atoms with E-state index in [1.165, 1.54) is 11.3 Å². The lowest BCUT2D eigenvalue weighted by Gasteiger charge is -2.07. The zero-order valence-electron chi connectivity index (χ0n) is 15.1. The quantitative estimate of drug-likeness (QED) is 0.354. The van der Waals surface area contributed by atoms with Gasteiger partial charge in [0.25, 0.3) is 0 Å². The van der Waals surface area contributed by atoms with Crippen molar-refractivity contribution in [1.29, 1.82) is 0 Å². The highest BCUT2D eigenvalue weighted by Gasteiger charge is 2.23. The smallest absolute Gasteiger partial charge is 0.182 e. The van der Waals surface area contributed by atoms with Crippen molar-refractivity contribution < 1.29 is 13.5 Å². The molecule has 3 aromatic carbocycles. The summed E-state index contributed by atoms with van der Waals surface area (Å²) in [5.74, 6) is 0.213. The van der Waals surface area contributed by atoms with Crippen LogP contribution in [0, 0.1) is 17.6 Å². The van der Waals surface area contributed by atoms with Gasteiger partial charge >= 0.3 is 0 Å². The van der Waals surface area contributed by atoms with Crippen LogP contribution in [0.4, 0.5) is 8.78 Å². The second-order valence-electron chi connectivity index (χ2n) is 7.48. The third kappa shape index (κ3) is 2.87. The third-order valence-electron chi connectivity index (χ3n) is 5.36. The zero-order valence-corrected chi connectivity index (χ0v) is 16.0. The predicted molar refractivity (Wildman–Crippen MR) is 109 cm³/mol. The fourth-order valence-electron chi connectivity index (χ4n) is 3.68. The first-order chi connectivity index (χ1) is 13.2. The summed E-state index contributed by atoms with van der Waals surface area (Å²) in [4.78, 5) is 0. The van der Waals surface area contributed by atoms with Gasteiger partial charge in [-0.05, 0) is 60.4 Å². The van der Waals surface area contributed by atoms with Gasteiger partial charge in [0, 0.05) is 16.2 Å². The number of fused-ring (bicyclic) bond motifs is 4. The summed E-state index contributed by atoms with van der Waals surface area (Å²) < 4.78 is 36.9. The molecule has 1 saturated carbocycles. The number of halogens is 2. The molecule has 4 aromatic rings. The maximum absolute atomic E-state index is 15.3. The molecule has 0 spiro atoms. The number of hydrogen-bond donors (Lipinski definition) is 0. The van der Waals surface area contributed by atoms with Gasteiger partial charge in [-0.25, -0.2) is 8.78 Å². The van der Waals surface area contributed by atoms with Gasteiger partial charge in [0.15, 0.2) is 11.6 Å². The number of thiophene rings is 1. The zero-order chi connectivity index (χ0) is 18.5. The fourth-order valence-corrected chi connectivity index (χ4v) is 4.84. The van der Waals surface area contributed by atoms with E-state index in [4.69, 9.17) is 4.74 Å². The summed E-state index contributed by atoms with van der Waals surface area (Å²) >= 11 is 1.18. The van der Waals surface area contributed by atoms with Gasteiger partial charge < -0.3 is 4.74 Å². The van der Waals surface area contributed by atoms with E-state index in [2.05, 4.69) is 13.0 Å². The Hall–Kier alpha value is -2.20. The largest absolute Gasteiger partial charge is 0.490 e. The first-order valence-corrected chi connectivity index (χ1v) is 10.4. The van der Waals surface area contributed by atoms with Crippen LogP contribution in [0.3, 0.4) is 0 Å². The van der Waals surface area contributed by atoms with E-state index in [1.54, 1.807) is 6.07 Å². The highest BCUT2D eigenvalue weighted by molar-refractivity contribution is 7.26. The molecule has 138 valence electrons. The van der Waals surface area contributed by atoms with Crippen molar-refractivity contribution in [2.24, 2.45) is 5.92 Å². The molecule has 0 bridgehead atoms. The van der Waals surface area contributed by atoms with Crippen LogP contribution in [0.1, 0.15) is 31.7 Å². The monoisotopic (exact) mass is 382 g/mol. The van der Waals surface area contributed by atoms with E-state index in [0.29, 0.717) is 27.3 Å². The lowest BCUT2D eigenvalue weighted by atomic mass is 10.0. The number of aryl methyl sites for hydroxylation is 1. The Morgan fingerprint density at radius 1 is 0.963 bits per heavy atom. The lowest BCUT2D eigenvalue weighted by Crippen LogP contribution is -2.00. The predicted octanol–water partition coefficient (Wildman–Crippen LogP) is 7.23. The van der Waals surface area contributed by atoms with E-state index in [1.807, 2.05) is 24.3 Å². The third-order valence-corrected chi connectivity index (χ3v) is 6.57. The van der Waals surface area contributed by atoms with Gasteiger partial charge in [0.05, 0.1) is 16.0 Å². The first kappa shape index (κ1) is 16.9. The topological polar surface area (TPSA) is 9.23 Å². The average molecular weight is 382 g/mol. The van der Waals surface area contributed by atoms with Gasteiger partial charge in [0.1, 0.15) is 5.82 Å². The van der Waals surface area contributed by atoms with E-state index >= 15 is 4.39 Å². The Morgan fingerprint density at radius 2 is 1.78 bits per heavy atom. The van der Waals surface area contributed by atoms with Crippen LogP contribution in [-0.4, -0.2) is 6.61 Å². The molecule has 27 heavy (non-hydrogen) atoms. The first-order valence-electron chi connectivity index (χ1n) is 9.54. The maximum Gasteiger partial charge on any atom is 0.182 e. The highest BCUT2D eigenvalue weighted by Crippen LogP contribution is 2.42. The molecule has 1 aliphatic rings. The molecule has 0 amide bonds. The molecule has 1 fully saturated rings. The van der Waals surface area contributed by atoms with Crippen LogP contribution in [0.25, 0.3) is 30.9 Å². The highest BCUT2D eigenvalue weighted by atomic mass is 32.1. The van der Waals surface area contributed by atoms with Gasteiger partial charge in [-0.3, -0.25) is 0 Å². The molecular weight excluding hydrogens is 362 g/mol. The van der Waals surface area contributed by atoms with Gasteiger partial charge in [0.2, 0.25) is 0 Å².